The van der Waals surface area contributed by atoms with E-state index in [-0.39, 0.29) is 0 Å². The van der Waals surface area contributed by atoms with Crippen LogP contribution in [-0.2, 0) is 0 Å². The number of nitrogens with zero attached hydrogens (tertiary/aromatic N) is 9. The van der Waals surface area contributed by atoms with Gasteiger partial charge in [-0.3, -0.25) is 14.5 Å². The van der Waals surface area contributed by atoms with Gasteiger partial charge in [-0.15, -0.1) is 0 Å². The lowest BCUT2D eigenvalue weighted by molar-refractivity contribution is 1.06. The van der Waals surface area contributed by atoms with Crippen LogP contribution in [0.2, 0.25) is 0 Å². The van der Waals surface area contributed by atoms with Gasteiger partial charge in [0.2, 0.25) is 0 Å². The lowest BCUT2D eigenvalue weighted by atomic mass is 9.97. The lowest BCUT2D eigenvalue weighted by Gasteiger charge is -2.12. The zero-order chi connectivity index (χ0) is 63.3. The van der Waals surface area contributed by atoms with E-state index in [1.807, 2.05) is 18.6 Å². The maximum atomic E-state index is 5.54. The van der Waals surface area contributed by atoms with E-state index in [0.717, 1.165) is 83.4 Å². The van der Waals surface area contributed by atoms with Crippen LogP contribution in [0.4, 0.5) is 0 Å². The number of hydrogen-bond donors (Lipinski definition) is 0. The van der Waals surface area contributed by atoms with Gasteiger partial charge in [0.05, 0.1) is 113 Å². The Bertz CT molecular complexity index is 7660. The van der Waals surface area contributed by atoms with Crippen LogP contribution in [0.3, 0.4) is 0 Å². The van der Waals surface area contributed by atoms with Crippen LogP contribution in [0.25, 0.3) is 219 Å². The Hall–Kier alpha value is -13.4. The molecule has 0 N–H and O–H groups in total. The Morgan fingerprint density at radius 2 is 0.755 bits per heavy atom. The number of pyridine rings is 3. The maximum Gasteiger partial charge on any atom is 0.137 e. The van der Waals surface area contributed by atoms with Gasteiger partial charge in [-0.25, -0.2) is 4.98 Å². The van der Waals surface area contributed by atoms with Gasteiger partial charge in [-0.05, 0) is 130 Å². The van der Waals surface area contributed by atoms with Crippen LogP contribution in [0.15, 0.2) is 298 Å². The number of benzene rings is 13. The second-order valence-electron chi connectivity index (χ2n) is 26.6. The van der Waals surface area contributed by atoms with Crippen LogP contribution >= 0.6 is 0 Å². The maximum absolute atomic E-state index is 5.54. The molecule has 450 valence electrons. The second kappa shape index (κ2) is 18.3. The molecule has 0 saturated heterocycles. The minimum absolute atomic E-state index is 0.856. The third-order valence-electron chi connectivity index (χ3n) is 22.0. The van der Waals surface area contributed by atoms with Crippen molar-refractivity contribution in [2.45, 2.75) is 0 Å². The smallest absolute Gasteiger partial charge is 0.137 e. The first-order valence-electron chi connectivity index (χ1n) is 33.6. The van der Waals surface area contributed by atoms with E-state index < -0.39 is 0 Å². The molecule has 0 aliphatic rings. The second-order valence-corrected chi connectivity index (χ2v) is 26.6. The summed E-state index contributed by atoms with van der Waals surface area (Å²) in [5, 5.41) is 24.2. The number of rotatable bonds is 5. The molecule has 24 rings (SSSR count). The molecule has 0 atom stereocenters. The molecule has 24 aromatic rings. The van der Waals surface area contributed by atoms with E-state index in [1.165, 1.54) is 136 Å². The van der Waals surface area contributed by atoms with Gasteiger partial charge in [-0.2, -0.15) is 0 Å². The normalized spacial score (nSPS) is 12.7. The molecule has 0 aliphatic carbocycles. The monoisotopic (exact) mass is 1240 g/mol. The third-order valence-corrected chi connectivity index (χ3v) is 22.0. The molecule has 11 aromatic heterocycles. The van der Waals surface area contributed by atoms with Crippen molar-refractivity contribution in [1.82, 2.24) is 42.0 Å². The molecule has 9 heteroatoms. The molecule has 0 spiro atoms. The summed E-state index contributed by atoms with van der Waals surface area (Å²) in [5.74, 6) is 0.856. The first-order chi connectivity index (χ1) is 48.7. The van der Waals surface area contributed by atoms with Crippen molar-refractivity contribution in [2.75, 3.05) is 0 Å². The number of aromatic nitrogens is 9. The van der Waals surface area contributed by atoms with Crippen LogP contribution in [0, 0.1) is 0 Å². The number of fused-ring (bicyclic) bond motifs is 30. The molecular weight excluding hydrogens is 1200 g/mol. The van der Waals surface area contributed by atoms with Crippen molar-refractivity contribution in [3.8, 4) is 34.0 Å². The van der Waals surface area contributed by atoms with Gasteiger partial charge >= 0.3 is 0 Å². The summed E-state index contributed by atoms with van der Waals surface area (Å²) in [6.45, 7) is 0. The van der Waals surface area contributed by atoms with E-state index >= 15 is 0 Å². The van der Waals surface area contributed by atoms with Crippen molar-refractivity contribution in [2.24, 2.45) is 0 Å². The quantitative estimate of drug-likeness (QED) is 0.172. The molecule has 0 radical (unpaired) electrons. The van der Waals surface area contributed by atoms with Gasteiger partial charge < -0.3 is 22.5 Å². The predicted molar refractivity (Wildman–Crippen MR) is 407 cm³/mol. The highest BCUT2D eigenvalue weighted by Crippen LogP contribution is 2.52. The molecule has 13 aromatic carbocycles. The molecular formula is C89H49N9. The van der Waals surface area contributed by atoms with Gasteiger partial charge in [0.25, 0.3) is 0 Å². The van der Waals surface area contributed by atoms with Gasteiger partial charge in [0.15, 0.2) is 0 Å². The van der Waals surface area contributed by atoms with Crippen molar-refractivity contribution >= 4 is 185 Å². The third kappa shape index (κ3) is 6.26. The fraction of sp³-hybridized carbons (Fsp3) is 0. The van der Waals surface area contributed by atoms with E-state index in [0.29, 0.717) is 0 Å². The molecule has 0 saturated carbocycles. The molecule has 11 heterocycles. The van der Waals surface area contributed by atoms with E-state index in [4.69, 9.17) is 15.0 Å². The minimum atomic E-state index is 0.856. The van der Waals surface area contributed by atoms with Gasteiger partial charge in [0, 0.05) is 98.1 Å². The summed E-state index contributed by atoms with van der Waals surface area (Å²) in [6, 6.07) is 98.7. The molecule has 0 amide bonds. The van der Waals surface area contributed by atoms with Crippen molar-refractivity contribution < 1.29 is 0 Å². The Kier molecular flexibility index (Phi) is 9.54. The number of para-hydroxylation sites is 5. The molecule has 0 unspecified atom stereocenters. The highest BCUT2D eigenvalue weighted by molar-refractivity contribution is 6.39. The first kappa shape index (κ1) is 51.1. The molecule has 0 aliphatic heterocycles. The van der Waals surface area contributed by atoms with Crippen LogP contribution in [-0.4, -0.2) is 42.0 Å². The largest absolute Gasteiger partial charge is 0.308 e. The van der Waals surface area contributed by atoms with Crippen LogP contribution < -0.4 is 0 Å². The van der Waals surface area contributed by atoms with E-state index in [2.05, 4.69) is 306 Å². The Morgan fingerprint density at radius 1 is 0.235 bits per heavy atom. The van der Waals surface area contributed by atoms with Gasteiger partial charge in [0.1, 0.15) is 5.82 Å². The predicted octanol–water partition coefficient (Wildman–Crippen LogP) is 22.5. The summed E-state index contributed by atoms with van der Waals surface area (Å²) in [6.07, 6.45) is 10.1. The summed E-state index contributed by atoms with van der Waals surface area (Å²) in [5.41, 5.74) is 21.5. The average Bonchev–Trinajstić information content (AvgIpc) is 1.52. The highest BCUT2D eigenvalue weighted by Gasteiger charge is 2.30. The Labute approximate surface area is 555 Å². The number of hydrogen-bond acceptors (Lipinski definition) is 3. The minimum Gasteiger partial charge on any atom is -0.308 e. The summed E-state index contributed by atoms with van der Waals surface area (Å²) in [7, 11) is 0. The summed E-state index contributed by atoms with van der Waals surface area (Å²) < 4.78 is 14.7. The van der Waals surface area contributed by atoms with E-state index in [1.54, 1.807) is 0 Å². The first-order valence-corrected chi connectivity index (χ1v) is 33.6. The topological polar surface area (TPSA) is 67.2 Å². The SMILES string of the molecule is c1ccc(-n2c3ccccc3c3c(-n4c5ccc6ccccc6c5c5cc6c7cc(-c8cccc9c8c8ccncc8n9-c8ccc(-n9c%10ccc%11ccccc%11c%10c%10cc%11c%12ccccc%12n%12c%13ccccc%13c(c%109)c%11%12)nc8)ccc7n7c8ccccc8c(c54)c67)cncc32)cc1. The molecule has 98 heavy (non-hydrogen) atoms. The highest BCUT2D eigenvalue weighted by atomic mass is 15.1. The van der Waals surface area contributed by atoms with Crippen LogP contribution in [0.5, 0.6) is 0 Å². The lowest BCUT2D eigenvalue weighted by Crippen LogP contribution is -2.00. The zero-order valence-electron chi connectivity index (χ0n) is 52.3. The summed E-state index contributed by atoms with van der Waals surface area (Å²) in [4.78, 5) is 15.5. The fourth-order valence-corrected chi connectivity index (χ4v) is 18.3. The average molecular weight is 1240 g/mol. The zero-order valence-corrected chi connectivity index (χ0v) is 52.3. The molecule has 0 fully saturated rings. The van der Waals surface area contributed by atoms with Crippen LogP contribution in [0.1, 0.15) is 0 Å². The molecule has 0 bridgehead atoms. The standard InChI is InChI=1S/C89H49N9/c1-2-19-53(20-3-1)93-69-29-13-9-24-59(69)83-77(93)48-91-49-78(83)97-74-38-33-50-17-4-6-21-55(50)81(74)66-45-65-63-43-52(35-37-72(63)96-71-31-15-10-25-60(71)84(87(65)96)88(66)97)57-27-16-32-73-80(57)62-41-42-90-47-76(62)94(73)54-36-40-79(92-46-54)98-75-39-34-51-18-5-7-22-56(51)82(75)67-44-64-58-23-8-12-28-68(58)95-70-30-14-11-26-61(70)85(86(64)95)89(67)98/h1-49H. The summed E-state index contributed by atoms with van der Waals surface area (Å²) >= 11 is 0. The van der Waals surface area contributed by atoms with Gasteiger partial charge in [-0.1, -0.05) is 170 Å². The molecule has 9 nitrogen and oxygen atoms in total. The Morgan fingerprint density at radius 3 is 1.44 bits per heavy atom. The van der Waals surface area contributed by atoms with E-state index in [9.17, 15) is 0 Å². The van der Waals surface area contributed by atoms with Crippen molar-refractivity contribution in [3.05, 3.63) is 298 Å². The Balaban J connectivity index is 0.727. The van der Waals surface area contributed by atoms with Crippen molar-refractivity contribution in [3.63, 3.8) is 0 Å². The fourth-order valence-electron chi connectivity index (χ4n) is 18.3. The van der Waals surface area contributed by atoms with Crippen molar-refractivity contribution in [1.29, 1.82) is 0 Å².